The predicted octanol–water partition coefficient (Wildman–Crippen LogP) is 5.05. The van der Waals surface area contributed by atoms with Gasteiger partial charge in [0.15, 0.2) is 0 Å². The summed E-state index contributed by atoms with van der Waals surface area (Å²) < 4.78 is 29.4. The number of hydrogen-bond acceptors (Lipinski definition) is 5. The van der Waals surface area contributed by atoms with Crippen LogP contribution in [-0.2, 0) is 10.7 Å². The highest BCUT2D eigenvalue weighted by atomic mass is 19.3. The first kappa shape index (κ1) is 23.0. The number of carbonyl (C=O) groups excluding carboxylic acids is 1. The molecule has 2 atom stereocenters. The van der Waals surface area contributed by atoms with Crippen LogP contribution in [0, 0.1) is 6.92 Å². The van der Waals surface area contributed by atoms with Gasteiger partial charge in [-0.05, 0) is 63.9 Å². The molecule has 2 N–H and O–H groups in total. The molecule has 0 radical (unpaired) electrons. The maximum atomic E-state index is 14.7. The Morgan fingerprint density at radius 3 is 2.55 bits per heavy atom. The van der Waals surface area contributed by atoms with Crippen LogP contribution >= 0.6 is 0 Å². The Balaban J connectivity index is 1.73. The molecule has 8 heteroatoms. The Hall–Kier alpha value is -3.13. The highest BCUT2D eigenvalue weighted by Gasteiger charge is 2.47. The first-order chi connectivity index (χ1) is 15.3. The van der Waals surface area contributed by atoms with Gasteiger partial charge in [0.2, 0.25) is 5.91 Å². The van der Waals surface area contributed by atoms with Crippen LogP contribution in [0.15, 0.2) is 36.4 Å². The zero-order valence-electron chi connectivity index (χ0n) is 19.6. The highest BCUT2D eigenvalue weighted by molar-refractivity contribution is 6.07. The first-order valence-corrected chi connectivity index (χ1v) is 10.9. The number of carbonyl (C=O) groups is 1. The van der Waals surface area contributed by atoms with Crippen LogP contribution in [-0.4, -0.2) is 33.6 Å². The summed E-state index contributed by atoms with van der Waals surface area (Å²) in [6, 6.07) is 9.50. The number of nitrogens with one attached hydrogen (secondary N) is 1. The molecule has 0 fully saturated rings. The number of fused-ring (bicyclic) bond motifs is 2. The van der Waals surface area contributed by atoms with Crippen LogP contribution in [0.3, 0.4) is 0 Å². The van der Waals surface area contributed by atoms with Crippen molar-refractivity contribution in [2.75, 3.05) is 17.3 Å². The molecule has 0 aliphatic carbocycles. The number of aryl methyl sites for hydroxylation is 1. The monoisotopic (exact) mass is 454 g/mol. The number of rotatable bonds is 5. The molecule has 2 heterocycles. The van der Waals surface area contributed by atoms with Crippen molar-refractivity contribution in [3.05, 3.63) is 58.9 Å². The second-order valence-corrected chi connectivity index (χ2v) is 9.29. The summed E-state index contributed by atoms with van der Waals surface area (Å²) in [6.07, 6.45) is 0. The van der Waals surface area contributed by atoms with E-state index in [9.17, 15) is 18.7 Å². The van der Waals surface area contributed by atoms with E-state index in [1.54, 1.807) is 31.0 Å². The molecule has 3 aromatic rings. The standard InChI is InChI=1S/C25H28F2N4O2/c1-13-18-11-20-19(12-21(18)31(6)23(13)32)22(30-15(3)29-20)28-14(2)16-8-7-9-17(10-16)25(26,27)24(4,5)33/h7-14,33H,1-6H3,(H,28,29,30)/t13?,14-/m1/s1. The minimum atomic E-state index is -3.41. The minimum absolute atomic E-state index is 0.0254. The van der Waals surface area contributed by atoms with Gasteiger partial charge in [-0.2, -0.15) is 8.78 Å². The molecular formula is C25H28F2N4O2. The molecule has 1 aliphatic rings. The predicted molar refractivity (Wildman–Crippen MR) is 125 cm³/mol. The second-order valence-electron chi connectivity index (χ2n) is 9.29. The number of anilines is 2. The van der Waals surface area contributed by atoms with Crippen molar-refractivity contribution in [3.8, 4) is 0 Å². The Bertz CT molecular complexity index is 1250. The Morgan fingerprint density at radius 2 is 1.88 bits per heavy atom. The summed E-state index contributed by atoms with van der Waals surface area (Å²) in [4.78, 5) is 23.2. The van der Waals surface area contributed by atoms with Crippen LogP contribution in [0.1, 0.15) is 62.2 Å². The minimum Gasteiger partial charge on any atom is -0.384 e. The van der Waals surface area contributed by atoms with Gasteiger partial charge in [-0.25, -0.2) is 9.97 Å². The fraction of sp³-hybridized carbons (Fsp3) is 0.400. The largest absolute Gasteiger partial charge is 0.384 e. The number of amides is 1. The van der Waals surface area contributed by atoms with Gasteiger partial charge in [-0.3, -0.25) is 4.79 Å². The van der Waals surface area contributed by atoms with E-state index in [4.69, 9.17) is 0 Å². The zero-order chi connectivity index (χ0) is 24.3. The summed E-state index contributed by atoms with van der Waals surface area (Å²) >= 11 is 0. The molecule has 2 aromatic carbocycles. The molecular weight excluding hydrogens is 426 g/mol. The van der Waals surface area contributed by atoms with Crippen LogP contribution in [0.2, 0.25) is 0 Å². The number of hydrogen-bond donors (Lipinski definition) is 2. The SMILES string of the molecule is Cc1nc(N[C@H](C)c2cccc(C(F)(F)C(C)(C)O)c2)c2cc3c(cc2n1)C(C)C(=O)N3C. The van der Waals surface area contributed by atoms with Gasteiger partial charge in [0.1, 0.15) is 17.2 Å². The number of benzene rings is 2. The number of nitrogens with zero attached hydrogens (tertiary/aromatic N) is 3. The van der Waals surface area contributed by atoms with Crippen molar-refractivity contribution in [1.82, 2.24) is 9.97 Å². The molecule has 1 aromatic heterocycles. The number of halogens is 2. The van der Waals surface area contributed by atoms with Crippen molar-refractivity contribution < 1.29 is 18.7 Å². The van der Waals surface area contributed by atoms with Crippen LogP contribution < -0.4 is 10.2 Å². The van der Waals surface area contributed by atoms with E-state index >= 15 is 0 Å². The summed E-state index contributed by atoms with van der Waals surface area (Å²) in [5.41, 5.74) is 0.639. The molecule has 1 aliphatic heterocycles. The summed E-state index contributed by atoms with van der Waals surface area (Å²) in [7, 11) is 1.75. The van der Waals surface area contributed by atoms with Crippen LogP contribution in [0.25, 0.3) is 10.9 Å². The van der Waals surface area contributed by atoms with Gasteiger partial charge < -0.3 is 15.3 Å². The van der Waals surface area contributed by atoms with Crippen molar-refractivity contribution >= 4 is 28.3 Å². The highest BCUT2D eigenvalue weighted by Crippen LogP contribution is 2.41. The Morgan fingerprint density at radius 1 is 1.18 bits per heavy atom. The van der Waals surface area contributed by atoms with Crippen molar-refractivity contribution in [1.29, 1.82) is 0 Å². The Kier molecular flexibility index (Phi) is 5.40. The molecule has 174 valence electrons. The maximum absolute atomic E-state index is 14.7. The molecule has 33 heavy (non-hydrogen) atoms. The average molecular weight is 455 g/mol. The number of aliphatic hydroxyl groups is 1. The smallest absolute Gasteiger partial charge is 0.300 e. The van der Waals surface area contributed by atoms with Crippen LogP contribution in [0.4, 0.5) is 20.3 Å². The summed E-state index contributed by atoms with van der Waals surface area (Å²) in [5.74, 6) is -2.50. The molecule has 1 unspecified atom stereocenters. The fourth-order valence-corrected chi connectivity index (χ4v) is 4.23. The topological polar surface area (TPSA) is 78.4 Å². The van der Waals surface area contributed by atoms with Gasteiger partial charge in [0, 0.05) is 29.7 Å². The average Bonchev–Trinajstić information content (AvgIpc) is 2.95. The van der Waals surface area contributed by atoms with Crippen molar-refractivity contribution in [2.45, 2.75) is 58.1 Å². The van der Waals surface area contributed by atoms with Crippen molar-refractivity contribution in [2.24, 2.45) is 0 Å². The van der Waals surface area contributed by atoms with E-state index in [0.29, 0.717) is 22.7 Å². The van der Waals surface area contributed by atoms with E-state index in [0.717, 1.165) is 30.5 Å². The van der Waals surface area contributed by atoms with Gasteiger partial charge in [0.05, 0.1) is 11.4 Å². The lowest BCUT2D eigenvalue weighted by Gasteiger charge is -2.30. The fourth-order valence-electron chi connectivity index (χ4n) is 4.23. The lowest BCUT2D eigenvalue weighted by Crippen LogP contribution is -2.40. The zero-order valence-corrected chi connectivity index (χ0v) is 19.6. The van der Waals surface area contributed by atoms with E-state index in [1.165, 1.54) is 12.1 Å². The maximum Gasteiger partial charge on any atom is 0.300 e. The van der Waals surface area contributed by atoms with Gasteiger partial charge in [-0.1, -0.05) is 18.2 Å². The summed E-state index contributed by atoms with van der Waals surface area (Å²) in [6.45, 7) is 7.71. The van der Waals surface area contributed by atoms with E-state index < -0.39 is 11.5 Å². The number of alkyl halides is 2. The molecule has 0 saturated carbocycles. The van der Waals surface area contributed by atoms with Gasteiger partial charge in [0.25, 0.3) is 0 Å². The quantitative estimate of drug-likeness (QED) is 0.564. The lowest BCUT2D eigenvalue weighted by atomic mass is 9.91. The van der Waals surface area contributed by atoms with Crippen LogP contribution in [0.5, 0.6) is 0 Å². The normalized spacial score (nSPS) is 17.4. The lowest BCUT2D eigenvalue weighted by molar-refractivity contribution is -0.168. The third-order valence-electron chi connectivity index (χ3n) is 6.36. The van der Waals surface area contributed by atoms with E-state index in [2.05, 4.69) is 15.3 Å². The molecule has 0 spiro atoms. The molecule has 0 bridgehead atoms. The Labute approximate surface area is 191 Å². The third-order valence-corrected chi connectivity index (χ3v) is 6.36. The molecule has 6 nitrogen and oxygen atoms in total. The number of aromatic nitrogens is 2. The molecule has 1 amide bonds. The third kappa shape index (κ3) is 3.82. The second kappa shape index (κ2) is 7.73. The molecule has 4 rings (SSSR count). The van der Waals surface area contributed by atoms with E-state index in [1.807, 2.05) is 26.0 Å². The van der Waals surface area contributed by atoms with Gasteiger partial charge >= 0.3 is 5.92 Å². The van der Waals surface area contributed by atoms with Gasteiger partial charge in [-0.15, -0.1) is 0 Å². The first-order valence-electron chi connectivity index (χ1n) is 10.9. The van der Waals surface area contributed by atoms with Crippen molar-refractivity contribution in [3.63, 3.8) is 0 Å². The molecule has 0 saturated heterocycles. The van der Waals surface area contributed by atoms with E-state index in [-0.39, 0.29) is 23.4 Å². The number of likely N-dealkylation sites (N-methyl/N-ethyl adjacent to an activating group) is 1. The summed E-state index contributed by atoms with van der Waals surface area (Å²) in [5, 5.41) is 14.0.